The molecule has 0 fully saturated rings. The molecule has 0 unspecified atom stereocenters. The van der Waals surface area contributed by atoms with Gasteiger partial charge >= 0.3 is 0 Å². The summed E-state index contributed by atoms with van der Waals surface area (Å²) < 4.78 is 5.22. The molecule has 1 rings (SSSR count). The molecule has 0 bridgehead atoms. The van der Waals surface area contributed by atoms with Crippen molar-refractivity contribution >= 4 is 63.8 Å². The molecule has 0 saturated heterocycles. The Bertz CT molecular complexity index is 542. The third-order valence-corrected chi connectivity index (χ3v) is 2.64. The lowest BCUT2D eigenvalue weighted by molar-refractivity contribution is -0.121. The first-order valence-electron chi connectivity index (χ1n) is 5.11. The predicted octanol–water partition coefficient (Wildman–Crippen LogP) is 1.11. The molecule has 1 aromatic carbocycles. The summed E-state index contributed by atoms with van der Waals surface area (Å²) in [7, 11) is 0. The van der Waals surface area contributed by atoms with E-state index in [2.05, 4.69) is 28.4 Å². The first-order valence-corrected chi connectivity index (χ1v) is 6.69. The Hall–Kier alpha value is -1.35. The highest BCUT2D eigenvalue weighted by molar-refractivity contribution is 7.80. The summed E-state index contributed by atoms with van der Waals surface area (Å²) in [5.41, 5.74) is 9.95. The van der Waals surface area contributed by atoms with E-state index in [1.165, 1.54) is 6.07 Å². The number of nitrogens with two attached hydrogens (primary N) is 1. The lowest BCUT2D eigenvalue weighted by Gasteiger charge is -2.11. The topological polar surface area (TPSA) is 88.4 Å². The summed E-state index contributed by atoms with van der Waals surface area (Å²) in [6, 6.07) is 4.66. The number of ether oxygens (including phenoxy) is 1. The van der Waals surface area contributed by atoms with E-state index in [0.717, 1.165) is 0 Å². The number of hydrazine groups is 1. The third kappa shape index (κ3) is 6.20. The first kappa shape index (κ1) is 16.7. The van der Waals surface area contributed by atoms with E-state index in [-0.39, 0.29) is 16.8 Å². The maximum Gasteiger partial charge on any atom is 0.264 e. The molecule has 0 saturated carbocycles. The fourth-order valence-corrected chi connectivity index (χ4v) is 1.73. The summed E-state index contributed by atoms with van der Waals surface area (Å²) in [5, 5.41) is 3.13. The Balaban J connectivity index is 2.39. The molecular formula is C10H10Cl2N4O2S2. The molecular weight excluding hydrogens is 343 g/mol. The fraction of sp³-hybridized carbons (Fsp3) is 0.100. The van der Waals surface area contributed by atoms with E-state index in [1.807, 2.05) is 0 Å². The van der Waals surface area contributed by atoms with Crippen molar-refractivity contribution in [1.82, 2.24) is 16.2 Å². The molecule has 0 aliphatic heterocycles. The molecule has 0 aliphatic rings. The minimum Gasteiger partial charge on any atom is -0.482 e. The van der Waals surface area contributed by atoms with Gasteiger partial charge in [0.15, 0.2) is 16.8 Å². The van der Waals surface area contributed by atoms with Gasteiger partial charge in [-0.1, -0.05) is 23.2 Å². The van der Waals surface area contributed by atoms with Gasteiger partial charge < -0.3 is 10.5 Å². The van der Waals surface area contributed by atoms with Crippen molar-refractivity contribution in [3.63, 3.8) is 0 Å². The van der Waals surface area contributed by atoms with Crippen molar-refractivity contribution in [3.8, 4) is 5.75 Å². The molecule has 108 valence electrons. The Kier molecular flexibility index (Phi) is 6.73. The number of halogens is 2. The van der Waals surface area contributed by atoms with Crippen LogP contribution in [0.4, 0.5) is 0 Å². The molecule has 0 aromatic heterocycles. The zero-order valence-corrected chi connectivity index (χ0v) is 13.1. The van der Waals surface area contributed by atoms with E-state index in [0.29, 0.717) is 15.8 Å². The van der Waals surface area contributed by atoms with Gasteiger partial charge in [0, 0.05) is 5.02 Å². The number of hydrogen-bond donors (Lipinski definition) is 4. The molecule has 0 heterocycles. The van der Waals surface area contributed by atoms with Gasteiger partial charge in [-0.2, -0.15) is 0 Å². The van der Waals surface area contributed by atoms with Crippen LogP contribution >= 0.6 is 47.6 Å². The molecule has 1 aromatic rings. The second-order valence-corrected chi connectivity index (χ2v) is 5.05. The van der Waals surface area contributed by atoms with Crippen LogP contribution < -0.4 is 26.6 Å². The zero-order valence-electron chi connectivity index (χ0n) is 9.91. The van der Waals surface area contributed by atoms with Crippen molar-refractivity contribution < 1.29 is 9.53 Å². The quantitative estimate of drug-likeness (QED) is 0.478. The minimum atomic E-state index is -0.474. The molecule has 1 amide bonds. The largest absolute Gasteiger partial charge is 0.482 e. The third-order valence-electron chi connectivity index (χ3n) is 1.80. The molecule has 20 heavy (non-hydrogen) atoms. The van der Waals surface area contributed by atoms with Crippen molar-refractivity contribution in [2.75, 3.05) is 6.61 Å². The van der Waals surface area contributed by atoms with Crippen LogP contribution in [0.3, 0.4) is 0 Å². The van der Waals surface area contributed by atoms with Gasteiger partial charge in [0.05, 0.1) is 5.02 Å². The Morgan fingerprint density at radius 2 is 2.00 bits per heavy atom. The number of carbonyl (C=O) groups is 1. The maximum absolute atomic E-state index is 11.5. The second kappa shape index (κ2) is 8.05. The monoisotopic (exact) mass is 352 g/mol. The summed E-state index contributed by atoms with van der Waals surface area (Å²) in [6.07, 6.45) is 0. The van der Waals surface area contributed by atoms with Gasteiger partial charge in [-0.15, -0.1) is 0 Å². The Labute approximate surface area is 135 Å². The number of rotatable bonds is 3. The van der Waals surface area contributed by atoms with Crippen molar-refractivity contribution in [1.29, 1.82) is 0 Å². The average molecular weight is 353 g/mol. The molecule has 0 spiro atoms. The first-order chi connectivity index (χ1) is 9.38. The molecule has 0 aliphatic carbocycles. The Morgan fingerprint density at radius 3 is 2.60 bits per heavy atom. The zero-order chi connectivity index (χ0) is 15.1. The number of benzene rings is 1. The predicted molar refractivity (Wildman–Crippen MR) is 85.8 cm³/mol. The second-order valence-electron chi connectivity index (χ2n) is 3.35. The summed E-state index contributed by atoms with van der Waals surface area (Å²) in [4.78, 5) is 11.5. The highest BCUT2D eigenvalue weighted by Gasteiger charge is 2.08. The van der Waals surface area contributed by atoms with Gasteiger partial charge in [-0.3, -0.25) is 21.0 Å². The van der Waals surface area contributed by atoms with Gasteiger partial charge in [0.25, 0.3) is 5.91 Å². The molecule has 0 atom stereocenters. The van der Waals surface area contributed by atoms with Crippen LogP contribution in [0.5, 0.6) is 5.75 Å². The summed E-state index contributed by atoms with van der Waals surface area (Å²) in [6.45, 7) is -0.268. The smallest absolute Gasteiger partial charge is 0.264 e. The van der Waals surface area contributed by atoms with E-state index in [1.54, 1.807) is 12.1 Å². The number of hydrogen-bond acceptors (Lipinski definition) is 4. The van der Waals surface area contributed by atoms with Crippen molar-refractivity contribution in [2.24, 2.45) is 5.73 Å². The number of amides is 1. The van der Waals surface area contributed by atoms with Crippen LogP contribution in [-0.4, -0.2) is 22.7 Å². The average Bonchev–Trinajstić information content (AvgIpc) is 2.35. The number of nitrogens with one attached hydrogen (secondary N) is 3. The van der Waals surface area contributed by atoms with Crippen molar-refractivity contribution in [2.45, 2.75) is 0 Å². The lowest BCUT2D eigenvalue weighted by Crippen LogP contribution is -2.50. The van der Waals surface area contributed by atoms with Gasteiger partial charge in [0.2, 0.25) is 0 Å². The van der Waals surface area contributed by atoms with Crippen LogP contribution in [0.25, 0.3) is 0 Å². The lowest BCUT2D eigenvalue weighted by atomic mass is 10.3. The summed E-state index contributed by atoms with van der Waals surface area (Å²) in [5.74, 6) is -0.135. The van der Waals surface area contributed by atoms with Gasteiger partial charge in [-0.05, 0) is 42.6 Å². The fourth-order valence-electron chi connectivity index (χ4n) is 1.05. The van der Waals surface area contributed by atoms with Crippen LogP contribution in [0.1, 0.15) is 0 Å². The standard InChI is InChI=1S/C10H10Cl2N4O2S2/c11-5-1-2-7(6(12)3-5)18-4-8(17)14-10(20)16-15-9(13)19/h1-3H,4H2,(H3,13,15,19)(H2,14,16,17,20). The highest BCUT2D eigenvalue weighted by Crippen LogP contribution is 2.27. The van der Waals surface area contributed by atoms with Crippen LogP contribution in [0.15, 0.2) is 18.2 Å². The molecule has 0 radical (unpaired) electrons. The molecule has 5 N–H and O–H groups in total. The van der Waals surface area contributed by atoms with Crippen molar-refractivity contribution in [3.05, 3.63) is 28.2 Å². The van der Waals surface area contributed by atoms with Crippen LogP contribution in [0, 0.1) is 0 Å². The van der Waals surface area contributed by atoms with Gasteiger partial charge in [0.1, 0.15) is 5.75 Å². The number of thiocarbonyl (C=S) groups is 2. The normalized spacial score (nSPS) is 9.50. The maximum atomic E-state index is 11.5. The minimum absolute atomic E-state index is 0.00797. The van der Waals surface area contributed by atoms with E-state index < -0.39 is 5.91 Å². The molecule has 6 nitrogen and oxygen atoms in total. The SMILES string of the molecule is NC(=S)NNC(=S)NC(=O)COc1ccc(Cl)cc1Cl. The van der Waals surface area contributed by atoms with Gasteiger partial charge in [-0.25, -0.2) is 0 Å². The van der Waals surface area contributed by atoms with Crippen LogP contribution in [0.2, 0.25) is 10.0 Å². The Morgan fingerprint density at radius 1 is 1.30 bits per heavy atom. The number of carbonyl (C=O) groups excluding carboxylic acids is 1. The van der Waals surface area contributed by atoms with E-state index in [4.69, 9.17) is 45.9 Å². The van der Waals surface area contributed by atoms with Crippen LogP contribution in [-0.2, 0) is 4.79 Å². The van der Waals surface area contributed by atoms with E-state index >= 15 is 0 Å². The van der Waals surface area contributed by atoms with E-state index in [9.17, 15) is 4.79 Å². The molecule has 10 heteroatoms. The summed E-state index contributed by atoms with van der Waals surface area (Å²) >= 11 is 21.0. The highest BCUT2D eigenvalue weighted by atomic mass is 35.5.